The molecule has 1 aliphatic rings. The summed E-state index contributed by atoms with van der Waals surface area (Å²) < 4.78 is 0. The molecule has 3 heteroatoms. The van der Waals surface area contributed by atoms with E-state index in [-0.39, 0.29) is 0 Å². The second-order valence-electron chi connectivity index (χ2n) is 3.79. The SMILES string of the molecule is CCCN=C(N)N(C)C1CCCC1. The van der Waals surface area contributed by atoms with Crippen LogP contribution >= 0.6 is 0 Å². The summed E-state index contributed by atoms with van der Waals surface area (Å²) in [5.41, 5.74) is 5.86. The fraction of sp³-hybridized carbons (Fsp3) is 0.900. The zero-order valence-corrected chi connectivity index (χ0v) is 8.79. The zero-order valence-electron chi connectivity index (χ0n) is 8.79. The smallest absolute Gasteiger partial charge is 0.191 e. The molecule has 0 amide bonds. The van der Waals surface area contributed by atoms with Gasteiger partial charge in [0.25, 0.3) is 0 Å². The minimum Gasteiger partial charge on any atom is -0.370 e. The van der Waals surface area contributed by atoms with Crippen LogP contribution in [0.1, 0.15) is 39.0 Å². The third-order valence-corrected chi connectivity index (χ3v) is 2.73. The molecule has 3 nitrogen and oxygen atoms in total. The van der Waals surface area contributed by atoms with Crippen molar-refractivity contribution in [3.05, 3.63) is 0 Å². The number of rotatable bonds is 3. The second-order valence-corrected chi connectivity index (χ2v) is 3.79. The van der Waals surface area contributed by atoms with E-state index in [0.29, 0.717) is 12.0 Å². The lowest BCUT2D eigenvalue weighted by molar-refractivity contribution is 0.367. The predicted octanol–water partition coefficient (Wildman–Crippen LogP) is 1.59. The van der Waals surface area contributed by atoms with E-state index >= 15 is 0 Å². The topological polar surface area (TPSA) is 41.6 Å². The van der Waals surface area contributed by atoms with E-state index in [1.165, 1.54) is 25.7 Å². The number of nitrogens with two attached hydrogens (primary N) is 1. The lowest BCUT2D eigenvalue weighted by atomic mass is 10.2. The normalized spacial score (nSPS) is 19.4. The lowest BCUT2D eigenvalue weighted by Gasteiger charge is -2.25. The first-order valence-electron chi connectivity index (χ1n) is 5.28. The van der Waals surface area contributed by atoms with Gasteiger partial charge in [-0.3, -0.25) is 4.99 Å². The van der Waals surface area contributed by atoms with Gasteiger partial charge in [-0.1, -0.05) is 19.8 Å². The van der Waals surface area contributed by atoms with Crippen LogP contribution in [0.5, 0.6) is 0 Å². The highest BCUT2D eigenvalue weighted by Gasteiger charge is 2.20. The molecule has 0 aromatic heterocycles. The Hall–Kier alpha value is -0.730. The standard InChI is InChI=1S/C10H21N3/c1-3-8-12-10(11)13(2)9-6-4-5-7-9/h9H,3-8H2,1-2H3,(H2,11,12). The van der Waals surface area contributed by atoms with Gasteiger partial charge in [-0.05, 0) is 19.3 Å². The van der Waals surface area contributed by atoms with Crippen LogP contribution in [-0.2, 0) is 0 Å². The summed E-state index contributed by atoms with van der Waals surface area (Å²) in [6, 6.07) is 0.639. The average molecular weight is 183 g/mol. The molecule has 0 radical (unpaired) electrons. The van der Waals surface area contributed by atoms with Crippen molar-refractivity contribution in [2.24, 2.45) is 10.7 Å². The number of guanidine groups is 1. The van der Waals surface area contributed by atoms with Crippen molar-refractivity contribution < 1.29 is 0 Å². The van der Waals surface area contributed by atoms with Crippen LogP contribution in [-0.4, -0.2) is 30.5 Å². The predicted molar refractivity (Wildman–Crippen MR) is 56.8 cm³/mol. The summed E-state index contributed by atoms with van der Waals surface area (Å²) >= 11 is 0. The summed E-state index contributed by atoms with van der Waals surface area (Å²) in [5, 5.41) is 0. The molecule has 1 aliphatic carbocycles. The molecular formula is C10H21N3. The van der Waals surface area contributed by atoms with Crippen LogP contribution in [0.3, 0.4) is 0 Å². The van der Waals surface area contributed by atoms with Gasteiger partial charge in [-0.15, -0.1) is 0 Å². The highest BCUT2D eigenvalue weighted by molar-refractivity contribution is 5.78. The van der Waals surface area contributed by atoms with Crippen molar-refractivity contribution in [3.63, 3.8) is 0 Å². The molecule has 0 aromatic carbocycles. The molecule has 0 heterocycles. The Balaban J connectivity index is 2.40. The lowest BCUT2D eigenvalue weighted by Crippen LogP contribution is -2.40. The zero-order chi connectivity index (χ0) is 9.68. The summed E-state index contributed by atoms with van der Waals surface area (Å²) in [6.45, 7) is 2.97. The van der Waals surface area contributed by atoms with Crippen LogP contribution in [0.4, 0.5) is 0 Å². The van der Waals surface area contributed by atoms with Crippen molar-refractivity contribution in [3.8, 4) is 0 Å². The maximum absolute atomic E-state index is 5.86. The molecule has 0 aromatic rings. The van der Waals surface area contributed by atoms with Gasteiger partial charge in [0.2, 0.25) is 0 Å². The number of aliphatic imine (C=N–C) groups is 1. The van der Waals surface area contributed by atoms with Crippen molar-refractivity contribution in [2.75, 3.05) is 13.6 Å². The van der Waals surface area contributed by atoms with E-state index in [9.17, 15) is 0 Å². The van der Waals surface area contributed by atoms with Crippen LogP contribution in [0.15, 0.2) is 4.99 Å². The Kier molecular flexibility index (Phi) is 4.06. The third-order valence-electron chi connectivity index (χ3n) is 2.73. The molecule has 0 bridgehead atoms. The Bertz CT molecular complexity index is 171. The highest BCUT2D eigenvalue weighted by atomic mass is 15.3. The Labute approximate surface area is 81.0 Å². The Morgan fingerprint density at radius 2 is 2.08 bits per heavy atom. The van der Waals surface area contributed by atoms with Gasteiger partial charge in [0.1, 0.15) is 0 Å². The third kappa shape index (κ3) is 2.90. The summed E-state index contributed by atoms with van der Waals surface area (Å²) in [7, 11) is 2.06. The maximum atomic E-state index is 5.86. The first-order chi connectivity index (χ1) is 6.25. The van der Waals surface area contributed by atoms with Crippen molar-refractivity contribution in [1.82, 2.24) is 4.90 Å². The van der Waals surface area contributed by atoms with E-state index in [1.807, 2.05) is 0 Å². The molecule has 1 rings (SSSR count). The molecule has 0 spiro atoms. The first-order valence-corrected chi connectivity index (χ1v) is 5.28. The van der Waals surface area contributed by atoms with Gasteiger partial charge < -0.3 is 10.6 Å². The number of nitrogens with zero attached hydrogens (tertiary/aromatic N) is 2. The summed E-state index contributed by atoms with van der Waals surface area (Å²) in [5.74, 6) is 0.716. The van der Waals surface area contributed by atoms with Crippen molar-refractivity contribution in [2.45, 2.75) is 45.1 Å². The number of hydrogen-bond acceptors (Lipinski definition) is 1. The van der Waals surface area contributed by atoms with E-state index in [1.54, 1.807) is 0 Å². The minimum absolute atomic E-state index is 0.639. The monoisotopic (exact) mass is 183 g/mol. The number of hydrogen-bond donors (Lipinski definition) is 1. The van der Waals surface area contributed by atoms with Gasteiger partial charge in [-0.2, -0.15) is 0 Å². The Morgan fingerprint density at radius 1 is 1.46 bits per heavy atom. The maximum Gasteiger partial charge on any atom is 0.191 e. The highest BCUT2D eigenvalue weighted by Crippen LogP contribution is 2.21. The molecule has 0 saturated heterocycles. The summed E-state index contributed by atoms with van der Waals surface area (Å²) in [6.07, 6.45) is 6.31. The molecule has 1 fully saturated rings. The van der Waals surface area contributed by atoms with Crippen LogP contribution < -0.4 is 5.73 Å². The van der Waals surface area contributed by atoms with Gasteiger partial charge in [0, 0.05) is 19.6 Å². The van der Waals surface area contributed by atoms with Crippen LogP contribution in [0.25, 0.3) is 0 Å². The molecule has 0 aliphatic heterocycles. The fourth-order valence-corrected chi connectivity index (χ4v) is 1.82. The Morgan fingerprint density at radius 3 is 2.62 bits per heavy atom. The van der Waals surface area contributed by atoms with Gasteiger partial charge >= 0.3 is 0 Å². The quantitative estimate of drug-likeness (QED) is 0.533. The summed E-state index contributed by atoms with van der Waals surface area (Å²) in [4.78, 5) is 6.45. The van der Waals surface area contributed by atoms with Gasteiger partial charge in [0.05, 0.1) is 0 Å². The van der Waals surface area contributed by atoms with Gasteiger partial charge in [0.15, 0.2) is 5.96 Å². The second kappa shape index (κ2) is 5.10. The first kappa shape index (κ1) is 10.4. The molecule has 0 unspecified atom stereocenters. The molecule has 1 saturated carbocycles. The molecule has 76 valence electrons. The molecule has 13 heavy (non-hydrogen) atoms. The van der Waals surface area contributed by atoms with Gasteiger partial charge in [-0.25, -0.2) is 0 Å². The molecular weight excluding hydrogens is 162 g/mol. The van der Waals surface area contributed by atoms with E-state index < -0.39 is 0 Å². The van der Waals surface area contributed by atoms with Crippen LogP contribution in [0.2, 0.25) is 0 Å². The van der Waals surface area contributed by atoms with E-state index in [2.05, 4.69) is 23.9 Å². The fourth-order valence-electron chi connectivity index (χ4n) is 1.82. The largest absolute Gasteiger partial charge is 0.370 e. The average Bonchev–Trinajstić information content (AvgIpc) is 2.65. The van der Waals surface area contributed by atoms with Crippen LogP contribution in [0, 0.1) is 0 Å². The van der Waals surface area contributed by atoms with Crippen molar-refractivity contribution in [1.29, 1.82) is 0 Å². The minimum atomic E-state index is 0.639. The van der Waals surface area contributed by atoms with Crippen molar-refractivity contribution >= 4 is 5.96 Å². The van der Waals surface area contributed by atoms with E-state index in [0.717, 1.165) is 13.0 Å². The molecule has 2 N–H and O–H groups in total. The van der Waals surface area contributed by atoms with E-state index in [4.69, 9.17) is 5.73 Å². The molecule has 0 atom stereocenters.